The van der Waals surface area contributed by atoms with E-state index < -0.39 is 5.97 Å². The van der Waals surface area contributed by atoms with Crippen LogP contribution in [0.15, 0.2) is 47.8 Å². The molecule has 1 N–H and O–H groups in total. The van der Waals surface area contributed by atoms with Gasteiger partial charge in [-0.2, -0.15) is 0 Å². The van der Waals surface area contributed by atoms with Gasteiger partial charge in [-0.25, -0.2) is 4.79 Å². The third kappa shape index (κ3) is 4.62. The fourth-order valence-corrected chi connectivity index (χ4v) is 4.31. The van der Waals surface area contributed by atoms with Gasteiger partial charge in [0.15, 0.2) is 0 Å². The lowest BCUT2D eigenvalue weighted by atomic mass is 9.97. The van der Waals surface area contributed by atoms with Gasteiger partial charge in [-0.05, 0) is 55.5 Å². The fraction of sp³-hybridized carbons (Fsp3) is 0.280. The zero-order valence-corrected chi connectivity index (χ0v) is 18.9. The van der Waals surface area contributed by atoms with E-state index in [0.717, 1.165) is 22.3 Å². The van der Waals surface area contributed by atoms with Crippen LogP contribution in [0, 0.1) is 13.8 Å². The number of hydrogen-bond donors (Lipinski definition) is 1. The van der Waals surface area contributed by atoms with Gasteiger partial charge in [0.1, 0.15) is 10.6 Å². The number of carbonyl (C=O) groups is 2. The molecule has 0 spiro atoms. The molecule has 0 saturated carbocycles. The molecule has 156 valence electrons. The predicted molar refractivity (Wildman–Crippen MR) is 124 cm³/mol. The standard InChI is InChI=1S/C25H27NO3S/c1-6-29-25(28)22-21(20-12-7-16(4)13-17(20)5)14-30-24(22)26-23(27)19-10-8-18(9-11-19)15(2)3/h7-15H,6H2,1-5H3,(H,26,27). The van der Waals surface area contributed by atoms with Crippen LogP contribution < -0.4 is 5.32 Å². The van der Waals surface area contributed by atoms with Gasteiger partial charge in [-0.3, -0.25) is 4.79 Å². The van der Waals surface area contributed by atoms with Crippen LogP contribution in [0.25, 0.3) is 11.1 Å². The van der Waals surface area contributed by atoms with Gasteiger partial charge >= 0.3 is 5.97 Å². The molecule has 1 amide bonds. The lowest BCUT2D eigenvalue weighted by Gasteiger charge is -2.11. The van der Waals surface area contributed by atoms with E-state index >= 15 is 0 Å². The molecule has 1 aromatic heterocycles. The van der Waals surface area contributed by atoms with Gasteiger partial charge in [-0.1, -0.05) is 49.7 Å². The molecule has 0 atom stereocenters. The topological polar surface area (TPSA) is 55.4 Å². The van der Waals surface area contributed by atoms with E-state index in [2.05, 4.69) is 25.2 Å². The molecule has 2 aromatic carbocycles. The summed E-state index contributed by atoms with van der Waals surface area (Å²) in [6, 6.07) is 13.6. The average Bonchev–Trinajstić information content (AvgIpc) is 3.11. The Morgan fingerprint density at radius 1 is 1.03 bits per heavy atom. The minimum atomic E-state index is -0.431. The Labute approximate surface area is 181 Å². The number of nitrogens with one attached hydrogen (secondary N) is 1. The van der Waals surface area contributed by atoms with Crippen molar-refractivity contribution >= 4 is 28.2 Å². The minimum Gasteiger partial charge on any atom is -0.462 e. The molecule has 0 aliphatic rings. The SMILES string of the molecule is CCOC(=O)c1c(-c2ccc(C)cc2C)csc1NC(=O)c1ccc(C(C)C)cc1. The van der Waals surface area contributed by atoms with E-state index in [9.17, 15) is 9.59 Å². The Balaban J connectivity index is 1.97. The summed E-state index contributed by atoms with van der Waals surface area (Å²) in [5.74, 6) is -0.279. The maximum Gasteiger partial charge on any atom is 0.341 e. The van der Waals surface area contributed by atoms with Crippen molar-refractivity contribution in [3.8, 4) is 11.1 Å². The van der Waals surface area contributed by atoms with E-state index in [4.69, 9.17) is 4.74 Å². The highest BCUT2D eigenvalue weighted by atomic mass is 32.1. The van der Waals surface area contributed by atoms with Crippen molar-refractivity contribution in [2.75, 3.05) is 11.9 Å². The third-order valence-electron chi connectivity index (χ3n) is 5.01. The number of anilines is 1. The first-order chi connectivity index (χ1) is 14.3. The van der Waals surface area contributed by atoms with Crippen molar-refractivity contribution in [3.63, 3.8) is 0 Å². The largest absolute Gasteiger partial charge is 0.462 e. The predicted octanol–water partition coefficient (Wildman–Crippen LogP) is 6.58. The number of amides is 1. The lowest BCUT2D eigenvalue weighted by Crippen LogP contribution is -2.15. The quantitative estimate of drug-likeness (QED) is 0.457. The molecule has 0 aliphatic carbocycles. The van der Waals surface area contributed by atoms with Gasteiger partial charge in [-0.15, -0.1) is 11.3 Å². The van der Waals surface area contributed by atoms with Gasteiger partial charge < -0.3 is 10.1 Å². The van der Waals surface area contributed by atoms with Crippen molar-refractivity contribution in [1.82, 2.24) is 0 Å². The van der Waals surface area contributed by atoms with Crippen LogP contribution in [-0.4, -0.2) is 18.5 Å². The van der Waals surface area contributed by atoms with E-state index in [1.165, 1.54) is 16.9 Å². The van der Waals surface area contributed by atoms with Gasteiger partial charge in [0.05, 0.1) is 6.61 Å². The summed E-state index contributed by atoms with van der Waals surface area (Å²) in [6.45, 7) is 10.3. The number of hydrogen-bond acceptors (Lipinski definition) is 4. The second-order valence-electron chi connectivity index (χ2n) is 7.62. The van der Waals surface area contributed by atoms with E-state index in [1.807, 2.05) is 55.6 Å². The molecular formula is C25H27NO3S. The van der Waals surface area contributed by atoms with E-state index in [0.29, 0.717) is 22.0 Å². The van der Waals surface area contributed by atoms with Crippen LogP contribution in [0.4, 0.5) is 5.00 Å². The van der Waals surface area contributed by atoms with Crippen LogP contribution >= 0.6 is 11.3 Å². The number of rotatable bonds is 6. The summed E-state index contributed by atoms with van der Waals surface area (Å²) in [4.78, 5) is 25.6. The van der Waals surface area contributed by atoms with Crippen molar-refractivity contribution in [3.05, 3.63) is 75.7 Å². The van der Waals surface area contributed by atoms with Crippen molar-refractivity contribution in [2.24, 2.45) is 0 Å². The van der Waals surface area contributed by atoms with Crippen molar-refractivity contribution in [2.45, 2.75) is 40.5 Å². The van der Waals surface area contributed by atoms with Gasteiger partial charge in [0, 0.05) is 16.5 Å². The van der Waals surface area contributed by atoms with Crippen LogP contribution in [0.3, 0.4) is 0 Å². The number of benzene rings is 2. The molecule has 0 unspecified atom stereocenters. The maximum atomic E-state index is 12.8. The molecule has 1 heterocycles. The Hall–Kier alpha value is -2.92. The number of carbonyl (C=O) groups excluding carboxylic acids is 2. The van der Waals surface area contributed by atoms with Crippen LogP contribution in [0.5, 0.6) is 0 Å². The number of esters is 1. The molecule has 0 bridgehead atoms. The van der Waals surface area contributed by atoms with Gasteiger partial charge in [0.25, 0.3) is 5.91 Å². The number of ether oxygens (including phenoxy) is 1. The number of aryl methyl sites for hydroxylation is 2. The lowest BCUT2D eigenvalue weighted by molar-refractivity contribution is 0.0529. The molecule has 0 saturated heterocycles. The van der Waals surface area contributed by atoms with Gasteiger partial charge in [0.2, 0.25) is 0 Å². The van der Waals surface area contributed by atoms with E-state index in [1.54, 1.807) is 6.92 Å². The molecule has 30 heavy (non-hydrogen) atoms. The van der Waals surface area contributed by atoms with E-state index in [-0.39, 0.29) is 12.5 Å². The van der Waals surface area contributed by atoms with Crippen LogP contribution in [0.2, 0.25) is 0 Å². The summed E-state index contributed by atoms with van der Waals surface area (Å²) in [5.41, 5.74) is 6.09. The summed E-state index contributed by atoms with van der Waals surface area (Å²) in [6.07, 6.45) is 0. The minimum absolute atomic E-state index is 0.245. The molecule has 5 heteroatoms. The normalized spacial score (nSPS) is 10.9. The van der Waals surface area contributed by atoms with Crippen LogP contribution in [-0.2, 0) is 4.74 Å². The molecule has 3 rings (SSSR count). The third-order valence-corrected chi connectivity index (χ3v) is 5.90. The highest BCUT2D eigenvalue weighted by molar-refractivity contribution is 7.15. The molecule has 4 nitrogen and oxygen atoms in total. The smallest absolute Gasteiger partial charge is 0.341 e. The van der Waals surface area contributed by atoms with Crippen molar-refractivity contribution < 1.29 is 14.3 Å². The highest BCUT2D eigenvalue weighted by Crippen LogP contribution is 2.38. The monoisotopic (exact) mass is 421 g/mol. The summed E-state index contributed by atoms with van der Waals surface area (Å²) in [5, 5.41) is 5.32. The van der Waals surface area contributed by atoms with Crippen LogP contribution in [0.1, 0.15) is 64.1 Å². The second-order valence-corrected chi connectivity index (χ2v) is 8.50. The molecule has 0 radical (unpaired) electrons. The second kappa shape index (κ2) is 9.26. The Bertz CT molecular complexity index is 1060. The molecule has 0 aliphatic heterocycles. The molecular weight excluding hydrogens is 394 g/mol. The first-order valence-corrected chi connectivity index (χ1v) is 11.0. The Kier molecular flexibility index (Phi) is 6.73. The first-order valence-electron chi connectivity index (χ1n) is 10.1. The summed E-state index contributed by atoms with van der Waals surface area (Å²) < 4.78 is 5.30. The molecule has 0 fully saturated rings. The highest BCUT2D eigenvalue weighted by Gasteiger charge is 2.24. The first kappa shape index (κ1) is 21.8. The number of thiophene rings is 1. The maximum absolute atomic E-state index is 12.8. The molecule has 3 aromatic rings. The zero-order chi connectivity index (χ0) is 21.8. The zero-order valence-electron chi connectivity index (χ0n) is 18.0. The van der Waals surface area contributed by atoms with Crippen molar-refractivity contribution in [1.29, 1.82) is 0 Å². The fourth-order valence-electron chi connectivity index (χ4n) is 3.36. The Morgan fingerprint density at radius 3 is 2.33 bits per heavy atom. The average molecular weight is 422 g/mol. The summed E-state index contributed by atoms with van der Waals surface area (Å²) in [7, 11) is 0. The Morgan fingerprint density at radius 2 is 1.73 bits per heavy atom. The summed E-state index contributed by atoms with van der Waals surface area (Å²) >= 11 is 1.34.